The Labute approximate surface area is 105 Å². The largest absolute Gasteiger partial charge is 0.319 e. The number of hydrogen-bond donors (Lipinski definition) is 1. The zero-order valence-corrected chi connectivity index (χ0v) is 10.9. The van der Waals surface area contributed by atoms with Crippen molar-refractivity contribution in [2.45, 2.75) is 19.9 Å². The lowest BCUT2D eigenvalue weighted by Crippen LogP contribution is -2.22. The van der Waals surface area contributed by atoms with Crippen molar-refractivity contribution in [1.82, 2.24) is 10.2 Å². The van der Waals surface area contributed by atoms with Gasteiger partial charge in [0, 0.05) is 6.54 Å². The molecule has 0 fully saturated rings. The van der Waals surface area contributed by atoms with Gasteiger partial charge in [-0.1, -0.05) is 37.1 Å². The molecule has 0 aliphatic carbocycles. The molecule has 0 unspecified atom stereocenters. The molecule has 2 heteroatoms. The minimum atomic E-state index is 0.720. The van der Waals surface area contributed by atoms with Gasteiger partial charge in [0.1, 0.15) is 0 Å². The Hall–Kier alpha value is -1.30. The molecular weight excluding hydrogens is 208 g/mol. The molecule has 0 bridgehead atoms. The van der Waals surface area contributed by atoms with Gasteiger partial charge in [-0.25, -0.2) is 0 Å². The first kappa shape index (κ1) is 13.8. The lowest BCUT2D eigenvalue weighted by atomic mass is 10.1. The van der Waals surface area contributed by atoms with Crippen molar-refractivity contribution in [3.63, 3.8) is 0 Å². The molecule has 0 aliphatic rings. The van der Waals surface area contributed by atoms with Gasteiger partial charge in [-0.15, -0.1) is 6.42 Å². The van der Waals surface area contributed by atoms with Crippen molar-refractivity contribution in [2.24, 2.45) is 0 Å². The lowest BCUT2D eigenvalue weighted by Gasteiger charge is -2.17. The van der Waals surface area contributed by atoms with Gasteiger partial charge in [0.05, 0.1) is 6.54 Å². The summed E-state index contributed by atoms with van der Waals surface area (Å²) in [6.07, 6.45) is 6.42. The predicted octanol–water partition coefficient (Wildman–Crippen LogP) is 1.90. The summed E-state index contributed by atoms with van der Waals surface area (Å²) in [7, 11) is 1.98. The Morgan fingerprint density at radius 2 is 1.88 bits per heavy atom. The van der Waals surface area contributed by atoms with E-state index in [-0.39, 0.29) is 0 Å². The fourth-order valence-electron chi connectivity index (χ4n) is 1.75. The van der Waals surface area contributed by atoms with Crippen molar-refractivity contribution in [3.05, 3.63) is 35.4 Å². The molecule has 0 heterocycles. The summed E-state index contributed by atoms with van der Waals surface area (Å²) >= 11 is 0. The van der Waals surface area contributed by atoms with E-state index in [0.29, 0.717) is 0 Å². The van der Waals surface area contributed by atoms with E-state index in [1.54, 1.807) is 0 Å². The van der Waals surface area contributed by atoms with Crippen LogP contribution in [0, 0.1) is 12.3 Å². The van der Waals surface area contributed by atoms with Crippen LogP contribution in [-0.4, -0.2) is 31.6 Å². The number of rotatable bonds is 7. The van der Waals surface area contributed by atoms with E-state index in [2.05, 4.69) is 47.3 Å². The van der Waals surface area contributed by atoms with Crippen LogP contribution in [0.15, 0.2) is 24.3 Å². The maximum atomic E-state index is 5.34. The van der Waals surface area contributed by atoms with E-state index in [9.17, 15) is 0 Å². The summed E-state index contributed by atoms with van der Waals surface area (Å²) in [5, 5.41) is 3.16. The highest BCUT2D eigenvalue weighted by molar-refractivity contribution is 5.22. The van der Waals surface area contributed by atoms with Gasteiger partial charge in [0.2, 0.25) is 0 Å². The third kappa shape index (κ3) is 5.04. The fourth-order valence-corrected chi connectivity index (χ4v) is 1.75. The molecule has 0 amide bonds. The van der Waals surface area contributed by atoms with Crippen molar-refractivity contribution in [3.8, 4) is 12.3 Å². The van der Waals surface area contributed by atoms with Crippen LogP contribution in [0.3, 0.4) is 0 Å². The van der Waals surface area contributed by atoms with Gasteiger partial charge < -0.3 is 5.32 Å². The van der Waals surface area contributed by atoms with E-state index in [1.807, 2.05) is 7.05 Å². The maximum absolute atomic E-state index is 5.34. The summed E-state index contributed by atoms with van der Waals surface area (Å²) in [6, 6.07) is 8.81. The fraction of sp³-hybridized carbons (Fsp3) is 0.467. The van der Waals surface area contributed by atoms with E-state index in [0.717, 1.165) is 32.6 Å². The molecule has 1 rings (SSSR count). The smallest absolute Gasteiger partial charge is 0.0601 e. The monoisotopic (exact) mass is 230 g/mol. The molecule has 0 radical (unpaired) electrons. The van der Waals surface area contributed by atoms with Crippen molar-refractivity contribution >= 4 is 0 Å². The molecule has 0 spiro atoms. The van der Waals surface area contributed by atoms with Crippen LogP contribution < -0.4 is 5.32 Å². The summed E-state index contributed by atoms with van der Waals surface area (Å²) in [5.74, 6) is 2.70. The van der Waals surface area contributed by atoms with Crippen LogP contribution in [0.25, 0.3) is 0 Å². The van der Waals surface area contributed by atoms with E-state index in [1.165, 1.54) is 11.1 Å². The third-order valence-electron chi connectivity index (χ3n) is 2.85. The summed E-state index contributed by atoms with van der Waals surface area (Å²) in [5.41, 5.74) is 2.71. The van der Waals surface area contributed by atoms with Crippen LogP contribution in [0.5, 0.6) is 0 Å². The summed E-state index contributed by atoms with van der Waals surface area (Å²) in [4.78, 5) is 2.25. The Morgan fingerprint density at radius 3 is 2.41 bits per heavy atom. The van der Waals surface area contributed by atoms with E-state index < -0.39 is 0 Å². The van der Waals surface area contributed by atoms with Crippen molar-refractivity contribution < 1.29 is 0 Å². The quantitative estimate of drug-likeness (QED) is 0.720. The topological polar surface area (TPSA) is 15.3 Å². The van der Waals surface area contributed by atoms with Gasteiger partial charge >= 0.3 is 0 Å². The first-order valence-electron chi connectivity index (χ1n) is 6.18. The number of nitrogens with one attached hydrogen (secondary N) is 1. The highest BCUT2D eigenvalue weighted by Crippen LogP contribution is 2.07. The Balaban J connectivity index is 2.52. The van der Waals surface area contributed by atoms with Crippen LogP contribution in [0.1, 0.15) is 18.1 Å². The van der Waals surface area contributed by atoms with Crippen molar-refractivity contribution in [1.29, 1.82) is 0 Å². The van der Waals surface area contributed by atoms with Gasteiger partial charge in [-0.3, -0.25) is 4.90 Å². The molecule has 0 aromatic heterocycles. The minimum absolute atomic E-state index is 0.720. The molecule has 92 valence electrons. The zero-order chi connectivity index (χ0) is 12.5. The Bertz CT molecular complexity index is 348. The van der Waals surface area contributed by atoms with E-state index >= 15 is 0 Å². The van der Waals surface area contributed by atoms with Gasteiger partial charge in [0.15, 0.2) is 0 Å². The average Bonchev–Trinajstić information content (AvgIpc) is 2.37. The molecule has 17 heavy (non-hydrogen) atoms. The molecule has 1 aromatic rings. The highest BCUT2D eigenvalue weighted by atomic mass is 15.1. The Kier molecular flexibility index (Phi) is 6.39. The molecule has 0 atom stereocenters. The molecule has 1 aromatic carbocycles. The third-order valence-corrected chi connectivity index (χ3v) is 2.85. The SMILES string of the molecule is C#CCN(CC)Cc1ccc(CCNC)cc1. The maximum Gasteiger partial charge on any atom is 0.0601 e. The standard InChI is InChI=1S/C15H22N2/c1-4-12-17(5-2)13-15-8-6-14(7-9-15)10-11-16-3/h1,6-9,16H,5,10-13H2,2-3H3. The number of likely N-dealkylation sites (N-methyl/N-ethyl adjacent to an activating group) is 1. The van der Waals surface area contributed by atoms with Crippen LogP contribution >= 0.6 is 0 Å². The van der Waals surface area contributed by atoms with Gasteiger partial charge in [0.25, 0.3) is 0 Å². The highest BCUT2D eigenvalue weighted by Gasteiger charge is 2.01. The Morgan fingerprint density at radius 1 is 1.24 bits per heavy atom. The van der Waals surface area contributed by atoms with Crippen LogP contribution in [0.4, 0.5) is 0 Å². The number of terminal acetylenes is 1. The van der Waals surface area contributed by atoms with Crippen molar-refractivity contribution in [2.75, 3.05) is 26.7 Å². The molecule has 0 saturated heterocycles. The molecule has 0 saturated carbocycles. The zero-order valence-electron chi connectivity index (χ0n) is 10.9. The molecule has 0 aliphatic heterocycles. The summed E-state index contributed by atoms with van der Waals surface area (Å²) < 4.78 is 0. The number of hydrogen-bond acceptors (Lipinski definition) is 2. The summed E-state index contributed by atoms with van der Waals surface area (Å²) in [6.45, 7) is 5.81. The van der Waals surface area contributed by atoms with Gasteiger partial charge in [-0.05, 0) is 37.7 Å². The normalized spacial score (nSPS) is 10.5. The molecule has 1 N–H and O–H groups in total. The van der Waals surface area contributed by atoms with E-state index in [4.69, 9.17) is 6.42 Å². The second-order valence-electron chi connectivity index (χ2n) is 4.18. The van der Waals surface area contributed by atoms with Gasteiger partial charge in [-0.2, -0.15) is 0 Å². The van der Waals surface area contributed by atoms with Crippen LogP contribution in [-0.2, 0) is 13.0 Å². The second kappa shape index (κ2) is 7.89. The minimum Gasteiger partial charge on any atom is -0.319 e. The first-order valence-corrected chi connectivity index (χ1v) is 6.18. The lowest BCUT2D eigenvalue weighted by molar-refractivity contribution is 0.316. The predicted molar refractivity (Wildman–Crippen MR) is 73.9 cm³/mol. The van der Waals surface area contributed by atoms with Crippen LogP contribution in [0.2, 0.25) is 0 Å². The molecule has 2 nitrogen and oxygen atoms in total. The number of benzene rings is 1. The number of nitrogens with zero attached hydrogens (tertiary/aromatic N) is 1. The second-order valence-corrected chi connectivity index (χ2v) is 4.18. The first-order chi connectivity index (χ1) is 8.30. The average molecular weight is 230 g/mol. The molecular formula is C15H22N2.